The van der Waals surface area contributed by atoms with E-state index in [-0.39, 0.29) is 17.8 Å². The molecule has 0 saturated carbocycles. The average molecular weight is 342 g/mol. The second-order valence-electron chi connectivity index (χ2n) is 6.46. The van der Waals surface area contributed by atoms with E-state index in [2.05, 4.69) is 10.2 Å². The normalized spacial score (nSPS) is 17.2. The van der Waals surface area contributed by atoms with Gasteiger partial charge in [0.2, 0.25) is 0 Å². The lowest BCUT2D eigenvalue weighted by molar-refractivity contribution is -0.130. The molecule has 0 aromatic heterocycles. The Hall–Kier alpha value is -2.24. The highest BCUT2D eigenvalue weighted by Crippen LogP contribution is 2.17. The number of nitrogens with zero attached hydrogens (tertiary/aromatic N) is 1. The van der Waals surface area contributed by atoms with Crippen LogP contribution in [0.1, 0.15) is 30.1 Å². The number of carbonyl (C=O) groups is 1. The number of hydrogen-bond donors (Lipinski definition) is 2. The fourth-order valence-corrected chi connectivity index (χ4v) is 3.17. The van der Waals surface area contributed by atoms with Crippen molar-refractivity contribution < 1.29 is 14.3 Å². The summed E-state index contributed by atoms with van der Waals surface area (Å²) in [4.78, 5) is 14.4. The molecule has 4 nitrogen and oxygen atoms in total. The molecular weight excluding hydrogens is 319 g/mol. The number of carbonyl (C=O) groups excluding carboxylic acids is 1. The SMILES string of the molecule is O=C(NC1CCN(Cc2ccccc2F)CC1)[C@H](O)c1ccccc1. The van der Waals surface area contributed by atoms with Gasteiger partial charge < -0.3 is 10.4 Å². The molecule has 1 aliphatic rings. The number of aliphatic hydroxyl groups is 1. The van der Waals surface area contributed by atoms with Crippen molar-refractivity contribution in [3.05, 3.63) is 71.5 Å². The number of aliphatic hydroxyl groups excluding tert-OH is 1. The minimum absolute atomic E-state index is 0.0442. The molecule has 1 amide bonds. The molecule has 0 radical (unpaired) electrons. The van der Waals surface area contributed by atoms with Gasteiger partial charge in [0.1, 0.15) is 5.82 Å². The van der Waals surface area contributed by atoms with Crippen LogP contribution in [0.2, 0.25) is 0 Å². The zero-order valence-electron chi connectivity index (χ0n) is 14.1. The van der Waals surface area contributed by atoms with Crippen LogP contribution in [0.4, 0.5) is 4.39 Å². The summed E-state index contributed by atoms with van der Waals surface area (Å²) in [6.07, 6.45) is 0.446. The van der Waals surface area contributed by atoms with Crippen LogP contribution in [-0.2, 0) is 11.3 Å². The van der Waals surface area contributed by atoms with Crippen molar-refractivity contribution in [1.82, 2.24) is 10.2 Å². The summed E-state index contributed by atoms with van der Waals surface area (Å²) in [7, 11) is 0. The zero-order chi connectivity index (χ0) is 17.6. The van der Waals surface area contributed by atoms with E-state index in [0.717, 1.165) is 25.9 Å². The second-order valence-corrected chi connectivity index (χ2v) is 6.46. The van der Waals surface area contributed by atoms with Crippen LogP contribution in [0.3, 0.4) is 0 Å². The summed E-state index contributed by atoms with van der Waals surface area (Å²) < 4.78 is 13.7. The van der Waals surface area contributed by atoms with Crippen molar-refractivity contribution in [2.75, 3.05) is 13.1 Å². The molecule has 1 aliphatic heterocycles. The maximum Gasteiger partial charge on any atom is 0.253 e. The molecule has 1 saturated heterocycles. The van der Waals surface area contributed by atoms with E-state index in [1.807, 2.05) is 12.1 Å². The highest BCUT2D eigenvalue weighted by atomic mass is 19.1. The molecule has 3 rings (SSSR count). The Balaban J connectivity index is 1.48. The molecule has 1 fully saturated rings. The molecule has 2 aromatic rings. The van der Waals surface area contributed by atoms with Gasteiger partial charge in [-0.25, -0.2) is 4.39 Å². The van der Waals surface area contributed by atoms with E-state index >= 15 is 0 Å². The first-order chi connectivity index (χ1) is 12.1. The minimum atomic E-state index is -1.14. The van der Waals surface area contributed by atoms with Crippen LogP contribution >= 0.6 is 0 Å². The molecule has 0 spiro atoms. The second kappa shape index (κ2) is 8.23. The molecule has 2 N–H and O–H groups in total. The van der Waals surface area contributed by atoms with E-state index in [1.165, 1.54) is 6.07 Å². The first-order valence-corrected chi connectivity index (χ1v) is 8.62. The number of hydrogen-bond acceptors (Lipinski definition) is 3. The summed E-state index contributed by atoms with van der Waals surface area (Å²) in [6.45, 7) is 2.17. The smallest absolute Gasteiger partial charge is 0.253 e. The standard InChI is InChI=1S/C20H23FN2O2/c21-18-9-5-4-8-16(18)14-23-12-10-17(11-13-23)22-20(25)19(24)15-6-2-1-3-7-15/h1-9,17,19,24H,10-14H2,(H,22,25)/t19-/m1/s1. The van der Waals surface area contributed by atoms with Gasteiger partial charge in [0, 0.05) is 31.2 Å². The summed E-state index contributed by atoms with van der Waals surface area (Å²) >= 11 is 0. The molecular formula is C20H23FN2O2. The van der Waals surface area contributed by atoms with Crippen molar-refractivity contribution in [2.45, 2.75) is 31.5 Å². The Morgan fingerprint density at radius 2 is 1.76 bits per heavy atom. The Morgan fingerprint density at radius 3 is 2.44 bits per heavy atom. The van der Waals surface area contributed by atoms with E-state index < -0.39 is 6.10 Å². The third kappa shape index (κ3) is 4.65. The lowest BCUT2D eigenvalue weighted by Crippen LogP contribution is -2.45. The van der Waals surface area contributed by atoms with Gasteiger partial charge in [-0.3, -0.25) is 9.69 Å². The fraction of sp³-hybridized carbons (Fsp3) is 0.350. The third-order valence-electron chi connectivity index (χ3n) is 4.65. The molecule has 132 valence electrons. The lowest BCUT2D eigenvalue weighted by atomic mass is 10.0. The van der Waals surface area contributed by atoms with Crippen LogP contribution in [0, 0.1) is 5.82 Å². The Labute approximate surface area is 147 Å². The van der Waals surface area contributed by atoms with Crippen molar-refractivity contribution in [2.24, 2.45) is 0 Å². The molecule has 1 heterocycles. The van der Waals surface area contributed by atoms with E-state index in [1.54, 1.807) is 36.4 Å². The lowest BCUT2D eigenvalue weighted by Gasteiger charge is -2.32. The summed E-state index contributed by atoms with van der Waals surface area (Å²) in [5, 5.41) is 13.1. The van der Waals surface area contributed by atoms with Crippen LogP contribution in [-0.4, -0.2) is 35.0 Å². The van der Waals surface area contributed by atoms with Crippen molar-refractivity contribution in [1.29, 1.82) is 0 Å². The van der Waals surface area contributed by atoms with Crippen LogP contribution in [0.25, 0.3) is 0 Å². The number of likely N-dealkylation sites (tertiary alicyclic amines) is 1. The summed E-state index contributed by atoms with van der Waals surface area (Å²) in [5.41, 5.74) is 1.29. The molecule has 1 atom stereocenters. The maximum absolute atomic E-state index is 13.7. The monoisotopic (exact) mass is 342 g/mol. The molecule has 25 heavy (non-hydrogen) atoms. The summed E-state index contributed by atoms with van der Waals surface area (Å²) in [6, 6.07) is 15.8. The van der Waals surface area contributed by atoms with Gasteiger partial charge in [-0.2, -0.15) is 0 Å². The van der Waals surface area contributed by atoms with E-state index in [4.69, 9.17) is 0 Å². The zero-order valence-corrected chi connectivity index (χ0v) is 14.1. The van der Waals surface area contributed by atoms with E-state index in [9.17, 15) is 14.3 Å². The largest absolute Gasteiger partial charge is 0.378 e. The van der Waals surface area contributed by atoms with Gasteiger partial charge in [0.25, 0.3) is 5.91 Å². The van der Waals surface area contributed by atoms with Gasteiger partial charge >= 0.3 is 0 Å². The Morgan fingerprint density at radius 1 is 1.12 bits per heavy atom. The fourth-order valence-electron chi connectivity index (χ4n) is 3.17. The molecule has 2 aromatic carbocycles. The third-order valence-corrected chi connectivity index (χ3v) is 4.65. The molecule has 0 unspecified atom stereocenters. The molecule has 0 bridgehead atoms. The van der Waals surface area contributed by atoms with Gasteiger partial charge in [0.15, 0.2) is 6.10 Å². The topological polar surface area (TPSA) is 52.6 Å². The van der Waals surface area contributed by atoms with E-state index in [0.29, 0.717) is 17.7 Å². The number of piperidine rings is 1. The van der Waals surface area contributed by atoms with Crippen molar-refractivity contribution in [3.8, 4) is 0 Å². The van der Waals surface area contributed by atoms with Gasteiger partial charge in [0.05, 0.1) is 0 Å². The first-order valence-electron chi connectivity index (χ1n) is 8.62. The highest BCUT2D eigenvalue weighted by Gasteiger charge is 2.24. The van der Waals surface area contributed by atoms with Gasteiger partial charge in [-0.15, -0.1) is 0 Å². The summed E-state index contributed by atoms with van der Waals surface area (Å²) in [5.74, 6) is -0.539. The Bertz CT molecular complexity index is 700. The number of halogens is 1. The highest BCUT2D eigenvalue weighted by molar-refractivity contribution is 5.82. The number of nitrogens with one attached hydrogen (secondary N) is 1. The van der Waals surface area contributed by atoms with Crippen molar-refractivity contribution in [3.63, 3.8) is 0 Å². The van der Waals surface area contributed by atoms with Crippen LogP contribution in [0.15, 0.2) is 54.6 Å². The number of rotatable bonds is 5. The van der Waals surface area contributed by atoms with Gasteiger partial charge in [-0.05, 0) is 24.5 Å². The average Bonchev–Trinajstić information content (AvgIpc) is 2.65. The predicted octanol–water partition coefficient (Wildman–Crippen LogP) is 2.64. The minimum Gasteiger partial charge on any atom is -0.378 e. The number of amides is 1. The molecule has 0 aliphatic carbocycles. The molecule has 5 heteroatoms. The van der Waals surface area contributed by atoms with Gasteiger partial charge in [-0.1, -0.05) is 48.5 Å². The predicted molar refractivity (Wildman–Crippen MR) is 94.2 cm³/mol. The van der Waals surface area contributed by atoms with Crippen LogP contribution in [0.5, 0.6) is 0 Å². The first kappa shape index (κ1) is 17.6. The number of benzene rings is 2. The van der Waals surface area contributed by atoms with Crippen molar-refractivity contribution >= 4 is 5.91 Å². The Kier molecular flexibility index (Phi) is 5.79. The maximum atomic E-state index is 13.7. The van der Waals surface area contributed by atoms with Crippen LogP contribution < -0.4 is 5.32 Å². The quantitative estimate of drug-likeness (QED) is 0.878.